The third-order valence-electron chi connectivity index (χ3n) is 4.39. The highest BCUT2D eigenvalue weighted by Crippen LogP contribution is 2.38. The molecule has 22 heavy (non-hydrogen) atoms. The fourth-order valence-electron chi connectivity index (χ4n) is 2.74. The van der Waals surface area contributed by atoms with Crippen molar-refractivity contribution < 1.29 is 4.79 Å². The van der Waals surface area contributed by atoms with Crippen LogP contribution in [0.1, 0.15) is 31.2 Å². The highest BCUT2D eigenvalue weighted by molar-refractivity contribution is 7.80. The Bertz CT molecular complexity index is 714. The monoisotopic (exact) mass is 308 g/mol. The number of carbonyl (C=O) groups is 1. The summed E-state index contributed by atoms with van der Waals surface area (Å²) in [6.07, 6.45) is 2.23. The van der Waals surface area contributed by atoms with Gasteiger partial charge in [-0.3, -0.25) is 4.79 Å². The van der Waals surface area contributed by atoms with E-state index in [1.807, 2.05) is 37.3 Å². The van der Waals surface area contributed by atoms with Crippen LogP contribution in [0, 0.1) is 5.92 Å². The molecule has 0 unspecified atom stereocenters. The Kier molecular flexibility index (Phi) is 4.21. The Morgan fingerprint density at radius 1 is 1.18 bits per heavy atom. The van der Waals surface area contributed by atoms with Crippen molar-refractivity contribution in [3.8, 4) is 11.1 Å². The Morgan fingerprint density at radius 3 is 2.45 bits per heavy atom. The van der Waals surface area contributed by atoms with Crippen molar-refractivity contribution in [2.75, 3.05) is 0 Å². The molecule has 1 fully saturated rings. The van der Waals surface area contributed by atoms with Gasteiger partial charge in [0.25, 0.3) is 0 Å². The van der Waals surface area contributed by atoms with Gasteiger partial charge in [0.05, 0.1) is 0 Å². The second-order valence-corrected chi connectivity index (χ2v) is 6.51. The molecule has 1 saturated carbocycles. The van der Waals surface area contributed by atoms with Crippen molar-refractivity contribution in [1.29, 1.82) is 0 Å². The Labute approximate surface area is 137 Å². The number of rotatable bonds is 5. The predicted octanol–water partition coefficient (Wildman–Crippen LogP) is 5.28. The van der Waals surface area contributed by atoms with E-state index in [2.05, 4.69) is 37.4 Å². The highest BCUT2D eigenvalue weighted by Gasteiger charge is 2.31. The summed E-state index contributed by atoms with van der Waals surface area (Å²) >= 11 is 4.61. The van der Waals surface area contributed by atoms with Crippen LogP contribution in [-0.2, 0) is 4.79 Å². The maximum absolute atomic E-state index is 12.5. The van der Waals surface area contributed by atoms with E-state index in [1.54, 1.807) is 0 Å². The van der Waals surface area contributed by atoms with E-state index >= 15 is 0 Å². The van der Waals surface area contributed by atoms with Crippen molar-refractivity contribution in [2.45, 2.75) is 30.6 Å². The molecular weight excluding hydrogens is 288 g/mol. The standard InChI is InChI=1S/C20H20OS/c1-13(15-8-9-15)20(21)14(2)17-10-11-18(19(22)12-17)16-6-4-3-5-7-16/h3-7,10-12,14-15,22H,1,8-9H2,2H3/t14-/m1/s1. The van der Waals surface area contributed by atoms with Crippen LogP contribution in [0.4, 0.5) is 0 Å². The van der Waals surface area contributed by atoms with Gasteiger partial charge in [0.15, 0.2) is 5.78 Å². The summed E-state index contributed by atoms with van der Waals surface area (Å²) in [5.41, 5.74) is 4.03. The minimum atomic E-state index is -0.149. The summed E-state index contributed by atoms with van der Waals surface area (Å²) in [6, 6.07) is 16.3. The van der Waals surface area contributed by atoms with Crippen LogP contribution in [0.15, 0.2) is 65.6 Å². The number of hydrogen-bond donors (Lipinski definition) is 1. The fraction of sp³-hybridized carbons (Fsp3) is 0.250. The molecule has 1 aliphatic rings. The van der Waals surface area contributed by atoms with Crippen LogP contribution in [0.25, 0.3) is 11.1 Å². The Hall–Kier alpha value is -1.80. The molecule has 0 bridgehead atoms. The van der Waals surface area contributed by atoms with E-state index < -0.39 is 0 Å². The van der Waals surface area contributed by atoms with E-state index in [0.717, 1.165) is 40.0 Å². The summed E-state index contributed by atoms with van der Waals surface area (Å²) < 4.78 is 0. The average molecular weight is 308 g/mol. The number of Topliss-reactive ketones (excluding diaryl/α,β-unsaturated/α-hetero) is 1. The van der Waals surface area contributed by atoms with E-state index in [4.69, 9.17) is 0 Å². The molecule has 0 heterocycles. The van der Waals surface area contributed by atoms with Crippen LogP contribution in [0.5, 0.6) is 0 Å². The summed E-state index contributed by atoms with van der Waals surface area (Å²) in [4.78, 5) is 13.4. The molecule has 3 rings (SSSR count). The van der Waals surface area contributed by atoms with E-state index in [-0.39, 0.29) is 11.7 Å². The van der Waals surface area contributed by atoms with E-state index in [0.29, 0.717) is 5.92 Å². The first-order valence-electron chi connectivity index (χ1n) is 7.69. The molecule has 0 spiro atoms. The Balaban J connectivity index is 1.85. The smallest absolute Gasteiger partial charge is 0.165 e. The maximum Gasteiger partial charge on any atom is 0.165 e. The van der Waals surface area contributed by atoms with Crippen molar-refractivity contribution in [1.82, 2.24) is 0 Å². The highest BCUT2D eigenvalue weighted by atomic mass is 32.1. The van der Waals surface area contributed by atoms with E-state index in [1.165, 1.54) is 0 Å². The number of ketones is 1. The summed E-state index contributed by atoms with van der Waals surface area (Å²) in [5, 5.41) is 0. The van der Waals surface area contributed by atoms with Crippen molar-refractivity contribution in [3.63, 3.8) is 0 Å². The van der Waals surface area contributed by atoms with Crippen molar-refractivity contribution in [2.24, 2.45) is 5.92 Å². The lowest BCUT2D eigenvalue weighted by molar-refractivity contribution is -0.116. The molecule has 2 aromatic rings. The normalized spacial score (nSPS) is 15.4. The molecule has 1 aliphatic carbocycles. The zero-order chi connectivity index (χ0) is 15.7. The van der Waals surface area contributed by atoms with Gasteiger partial charge in [0, 0.05) is 10.8 Å². The third-order valence-corrected chi connectivity index (χ3v) is 4.76. The zero-order valence-corrected chi connectivity index (χ0v) is 13.6. The van der Waals surface area contributed by atoms with Crippen molar-refractivity contribution in [3.05, 3.63) is 66.2 Å². The summed E-state index contributed by atoms with van der Waals surface area (Å²) in [7, 11) is 0. The first kappa shape index (κ1) is 15.1. The molecular formula is C20H20OS. The minimum absolute atomic E-state index is 0.149. The largest absolute Gasteiger partial charge is 0.294 e. The van der Waals surface area contributed by atoms with Gasteiger partial charge >= 0.3 is 0 Å². The van der Waals surface area contributed by atoms with Crippen LogP contribution >= 0.6 is 12.6 Å². The van der Waals surface area contributed by atoms with Crippen LogP contribution in [0.2, 0.25) is 0 Å². The molecule has 2 heteroatoms. The molecule has 112 valence electrons. The van der Waals surface area contributed by atoms with Gasteiger partial charge in [-0.1, -0.05) is 56.0 Å². The van der Waals surface area contributed by atoms with Crippen LogP contribution < -0.4 is 0 Å². The van der Waals surface area contributed by atoms with Gasteiger partial charge in [-0.15, -0.1) is 12.6 Å². The van der Waals surface area contributed by atoms with Gasteiger partial charge in [0.1, 0.15) is 0 Å². The fourth-order valence-corrected chi connectivity index (χ4v) is 3.09. The quantitative estimate of drug-likeness (QED) is 0.587. The lowest BCUT2D eigenvalue weighted by atomic mass is 9.90. The summed E-state index contributed by atoms with van der Waals surface area (Å²) in [5.74, 6) is 0.445. The van der Waals surface area contributed by atoms with Crippen LogP contribution in [0.3, 0.4) is 0 Å². The van der Waals surface area contributed by atoms with E-state index in [9.17, 15) is 4.79 Å². The lowest BCUT2D eigenvalue weighted by Crippen LogP contribution is -2.12. The second-order valence-electron chi connectivity index (χ2n) is 6.03. The molecule has 0 amide bonds. The number of carbonyl (C=O) groups excluding carboxylic acids is 1. The molecule has 0 radical (unpaired) electrons. The number of thiol groups is 1. The number of hydrogen-bond acceptors (Lipinski definition) is 2. The van der Waals surface area contributed by atoms with Crippen LogP contribution in [-0.4, -0.2) is 5.78 Å². The number of benzene rings is 2. The van der Waals surface area contributed by atoms with Gasteiger partial charge in [-0.05, 0) is 47.1 Å². The maximum atomic E-state index is 12.5. The zero-order valence-electron chi connectivity index (χ0n) is 12.8. The second kappa shape index (κ2) is 6.13. The predicted molar refractivity (Wildman–Crippen MR) is 94.4 cm³/mol. The molecule has 2 aromatic carbocycles. The molecule has 0 saturated heterocycles. The topological polar surface area (TPSA) is 17.1 Å². The first-order chi connectivity index (χ1) is 10.6. The number of allylic oxidation sites excluding steroid dienone is 1. The minimum Gasteiger partial charge on any atom is -0.294 e. The van der Waals surface area contributed by atoms with Gasteiger partial charge in [0.2, 0.25) is 0 Å². The Morgan fingerprint density at radius 2 is 1.86 bits per heavy atom. The molecule has 0 N–H and O–H groups in total. The summed E-state index contributed by atoms with van der Waals surface area (Å²) in [6.45, 7) is 5.94. The average Bonchev–Trinajstić information content (AvgIpc) is 3.38. The third kappa shape index (κ3) is 3.02. The molecule has 0 aliphatic heterocycles. The first-order valence-corrected chi connectivity index (χ1v) is 8.14. The van der Waals surface area contributed by atoms with Gasteiger partial charge < -0.3 is 0 Å². The molecule has 0 aromatic heterocycles. The molecule has 1 nitrogen and oxygen atoms in total. The molecule has 1 atom stereocenters. The van der Waals surface area contributed by atoms with Gasteiger partial charge in [-0.25, -0.2) is 0 Å². The SMILES string of the molecule is C=C(C(=O)[C@H](C)c1ccc(-c2ccccc2)c(S)c1)C1CC1. The van der Waals surface area contributed by atoms with Gasteiger partial charge in [-0.2, -0.15) is 0 Å². The van der Waals surface area contributed by atoms with Crippen molar-refractivity contribution >= 4 is 18.4 Å². The lowest BCUT2D eigenvalue weighted by Gasteiger charge is -2.15.